The van der Waals surface area contributed by atoms with E-state index in [9.17, 15) is 23.9 Å². The molecule has 2 aromatic rings. The maximum atomic E-state index is 13.0. The standard InChI is InChI=1S/C21H31N4O5P/c1-3-12-24-16-15(17(26)25(13-4-2)19(24)27)22-18(23-16)21-8-5-20(6-9-21,7-10-21)11-14-31(28,29)30/h11,14H,3-10,12-13H2,1-2H3,(H,22,23)(H2,28,29,30). The highest BCUT2D eigenvalue weighted by molar-refractivity contribution is 7.55. The molecule has 3 aliphatic carbocycles. The summed E-state index contributed by atoms with van der Waals surface area (Å²) < 4.78 is 14.2. The highest BCUT2D eigenvalue weighted by atomic mass is 31.2. The lowest BCUT2D eigenvalue weighted by molar-refractivity contribution is 0.0740. The fraction of sp³-hybridized carbons (Fsp3) is 0.667. The van der Waals surface area contributed by atoms with E-state index in [0.29, 0.717) is 30.7 Å². The molecule has 9 nitrogen and oxygen atoms in total. The van der Waals surface area contributed by atoms with Gasteiger partial charge in [0.25, 0.3) is 5.56 Å². The van der Waals surface area contributed by atoms with E-state index in [1.54, 1.807) is 10.6 Å². The van der Waals surface area contributed by atoms with E-state index in [4.69, 9.17) is 4.98 Å². The number of hydrogen-bond donors (Lipinski definition) is 3. The molecule has 2 aromatic heterocycles. The number of rotatable bonds is 7. The van der Waals surface area contributed by atoms with Crippen molar-refractivity contribution in [2.24, 2.45) is 5.41 Å². The number of aryl methyl sites for hydroxylation is 1. The van der Waals surface area contributed by atoms with Gasteiger partial charge in [-0.25, -0.2) is 9.78 Å². The number of imidazole rings is 1. The van der Waals surface area contributed by atoms with E-state index < -0.39 is 7.60 Å². The van der Waals surface area contributed by atoms with Crippen LogP contribution in [-0.2, 0) is 23.1 Å². The van der Waals surface area contributed by atoms with Gasteiger partial charge in [-0.3, -0.25) is 18.5 Å². The third kappa shape index (κ3) is 3.88. The lowest BCUT2D eigenvalue weighted by Crippen LogP contribution is -2.43. The largest absolute Gasteiger partial charge is 0.348 e. The maximum Gasteiger partial charge on any atom is 0.348 e. The minimum Gasteiger partial charge on any atom is -0.336 e. The summed E-state index contributed by atoms with van der Waals surface area (Å²) in [6, 6.07) is 0. The van der Waals surface area contributed by atoms with Crippen LogP contribution >= 0.6 is 7.60 Å². The van der Waals surface area contributed by atoms with Crippen molar-refractivity contribution in [2.75, 3.05) is 0 Å². The molecule has 5 rings (SSSR count). The summed E-state index contributed by atoms with van der Waals surface area (Å²) in [6.07, 6.45) is 8.15. The Morgan fingerprint density at radius 3 is 2.16 bits per heavy atom. The number of aromatic amines is 1. The molecule has 0 atom stereocenters. The molecule has 3 aliphatic rings. The van der Waals surface area contributed by atoms with Crippen LogP contribution in [0.1, 0.15) is 71.0 Å². The lowest BCUT2D eigenvalue weighted by atomic mass is 9.53. The van der Waals surface area contributed by atoms with Crippen molar-refractivity contribution in [3.8, 4) is 0 Å². The summed E-state index contributed by atoms with van der Waals surface area (Å²) in [5.74, 6) is 1.82. The topological polar surface area (TPSA) is 130 Å². The molecule has 10 heteroatoms. The van der Waals surface area contributed by atoms with Crippen molar-refractivity contribution >= 4 is 18.8 Å². The van der Waals surface area contributed by atoms with Gasteiger partial charge in [-0.15, -0.1) is 0 Å². The minimum atomic E-state index is -4.17. The van der Waals surface area contributed by atoms with Crippen molar-refractivity contribution in [2.45, 2.75) is 83.7 Å². The summed E-state index contributed by atoms with van der Waals surface area (Å²) in [7, 11) is -4.17. The molecular formula is C21H31N4O5P. The zero-order valence-corrected chi connectivity index (χ0v) is 19.0. The van der Waals surface area contributed by atoms with Gasteiger partial charge in [0.15, 0.2) is 5.65 Å². The number of nitrogens with one attached hydrogen (secondary N) is 1. The summed E-state index contributed by atoms with van der Waals surface area (Å²) >= 11 is 0. The number of nitrogens with zero attached hydrogens (tertiary/aromatic N) is 3. The van der Waals surface area contributed by atoms with Gasteiger partial charge in [0, 0.05) is 24.3 Å². The van der Waals surface area contributed by atoms with Gasteiger partial charge in [0.05, 0.1) is 0 Å². The van der Waals surface area contributed by atoms with Gasteiger partial charge in [-0.2, -0.15) is 0 Å². The quantitative estimate of drug-likeness (QED) is 0.556. The van der Waals surface area contributed by atoms with E-state index in [1.165, 1.54) is 4.57 Å². The highest BCUT2D eigenvalue weighted by Crippen LogP contribution is 2.58. The molecule has 0 spiro atoms. The van der Waals surface area contributed by atoms with Gasteiger partial charge in [0.1, 0.15) is 11.3 Å². The third-order valence-electron chi connectivity index (χ3n) is 7.18. The molecule has 3 N–H and O–H groups in total. The Morgan fingerprint density at radius 2 is 1.61 bits per heavy atom. The molecule has 0 saturated heterocycles. The fourth-order valence-corrected chi connectivity index (χ4v) is 5.85. The average molecular weight is 450 g/mol. The number of hydrogen-bond acceptors (Lipinski definition) is 4. The second-order valence-corrected chi connectivity index (χ2v) is 10.7. The molecule has 0 aliphatic heterocycles. The van der Waals surface area contributed by atoms with Crippen molar-refractivity contribution in [1.82, 2.24) is 19.1 Å². The van der Waals surface area contributed by atoms with E-state index in [0.717, 1.165) is 56.6 Å². The first kappa shape index (κ1) is 22.2. The first-order valence-corrected chi connectivity index (χ1v) is 12.8. The van der Waals surface area contributed by atoms with E-state index in [-0.39, 0.29) is 22.1 Å². The Balaban J connectivity index is 1.74. The fourth-order valence-electron chi connectivity index (χ4n) is 5.34. The first-order valence-electron chi connectivity index (χ1n) is 11.1. The van der Waals surface area contributed by atoms with Gasteiger partial charge in [0.2, 0.25) is 0 Å². The van der Waals surface area contributed by atoms with Crippen LogP contribution in [0.2, 0.25) is 0 Å². The Labute approximate surface area is 180 Å². The van der Waals surface area contributed by atoms with Crippen LogP contribution in [0.25, 0.3) is 11.2 Å². The van der Waals surface area contributed by atoms with E-state index >= 15 is 0 Å². The summed E-state index contributed by atoms with van der Waals surface area (Å²) in [6.45, 7) is 4.82. The zero-order chi connectivity index (χ0) is 22.4. The Morgan fingerprint density at radius 1 is 1.03 bits per heavy atom. The van der Waals surface area contributed by atoms with Crippen molar-refractivity contribution in [3.05, 3.63) is 38.6 Å². The second-order valence-electron chi connectivity index (χ2n) is 9.22. The summed E-state index contributed by atoms with van der Waals surface area (Å²) in [4.78, 5) is 52.5. The molecule has 0 amide bonds. The molecule has 31 heavy (non-hydrogen) atoms. The molecule has 0 aromatic carbocycles. The number of aromatic nitrogens is 4. The van der Waals surface area contributed by atoms with Crippen molar-refractivity contribution < 1.29 is 14.4 Å². The summed E-state index contributed by atoms with van der Waals surface area (Å²) in [5, 5.41) is 0. The second kappa shape index (κ2) is 7.87. The predicted octanol–water partition coefficient (Wildman–Crippen LogP) is 2.99. The monoisotopic (exact) mass is 450 g/mol. The number of allylic oxidation sites excluding steroid dienone is 1. The van der Waals surface area contributed by atoms with Crippen molar-refractivity contribution in [3.63, 3.8) is 0 Å². The van der Waals surface area contributed by atoms with E-state index in [1.807, 2.05) is 13.8 Å². The Kier molecular flexibility index (Phi) is 5.65. The van der Waals surface area contributed by atoms with Crippen LogP contribution in [-0.4, -0.2) is 28.9 Å². The predicted molar refractivity (Wildman–Crippen MR) is 118 cm³/mol. The normalized spacial score (nSPS) is 26.3. The molecule has 3 fully saturated rings. The van der Waals surface area contributed by atoms with Crippen LogP contribution in [0.4, 0.5) is 0 Å². The van der Waals surface area contributed by atoms with Crippen molar-refractivity contribution in [1.29, 1.82) is 0 Å². The van der Waals surface area contributed by atoms with Crippen LogP contribution < -0.4 is 11.2 Å². The molecule has 3 saturated carbocycles. The Hall–Kier alpha value is -1.96. The maximum absolute atomic E-state index is 13.0. The lowest BCUT2D eigenvalue weighted by Gasteiger charge is -2.51. The van der Waals surface area contributed by atoms with Gasteiger partial charge >= 0.3 is 13.3 Å². The average Bonchev–Trinajstić information content (AvgIpc) is 3.20. The van der Waals surface area contributed by atoms with Gasteiger partial charge in [-0.1, -0.05) is 19.9 Å². The molecule has 0 unspecified atom stereocenters. The smallest absolute Gasteiger partial charge is 0.336 e. The summed E-state index contributed by atoms with van der Waals surface area (Å²) in [5.41, 5.74) is -0.133. The van der Waals surface area contributed by atoms with Gasteiger partial charge < -0.3 is 14.8 Å². The van der Waals surface area contributed by atoms with Gasteiger partial charge in [-0.05, 0) is 56.8 Å². The van der Waals surface area contributed by atoms with Crippen LogP contribution in [0, 0.1) is 5.41 Å². The third-order valence-corrected chi connectivity index (χ3v) is 7.72. The Bertz CT molecular complexity index is 1160. The molecule has 2 bridgehead atoms. The highest BCUT2D eigenvalue weighted by Gasteiger charge is 2.50. The minimum absolute atomic E-state index is 0.174. The number of fused-ring (bicyclic) bond motifs is 4. The number of H-pyrrole nitrogens is 1. The molecule has 2 heterocycles. The van der Waals surface area contributed by atoms with Crippen LogP contribution in [0.5, 0.6) is 0 Å². The molecule has 0 radical (unpaired) electrons. The molecule has 170 valence electrons. The first-order chi connectivity index (χ1) is 14.6. The molecular weight excluding hydrogens is 419 g/mol. The van der Waals surface area contributed by atoms with E-state index in [2.05, 4.69) is 4.98 Å². The SMILES string of the molecule is CCCn1c(=O)c2[nH]c(C34CCC(C=CP(=O)(O)O)(CC3)CC4)nc2n(CCC)c1=O. The van der Waals surface area contributed by atoms with Crippen LogP contribution in [0.15, 0.2) is 21.5 Å². The zero-order valence-electron chi connectivity index (χ0n) is 18.1. The van der Waals surface area contributed by atoms with Crippen LogP contribution in [0.3, 0.4) is 0 Å².